The molecule has 2 rings (SSSR count). The van der Waals surface area contributed by atoms with Gasteiger partial charge in [0.05, 0.1) is 17.5 Å². The fourth-order valence-corrected chi connectivity index (χ4v) is 1.50. The van der Waals surface area contributed by atoms with Gasteiger partial charge in [-0.25, -0.2) is 4.79 Å². The van der Waals surface area contributed by atoms with E-state index in [2.05, 4.69) is 4.74 Å². The van der Waals surface area contributed by atoms with Crippen molar-refractivity contribution in [3.05, 3.63) is 28.3 Å². The highest BCUT2D eigenvalue weighted by molar-refractivity contribution is 5.92. The molecule has 1 heterocycles. The molecule has 0 bridgehead atoms. The second kappa shape index (κ2) is 3.69. The first-order valence-corrected chi connectivity index (χ1v) is 4.51. The number of carbonyl (C=O) groups is 1. The summed E-state index contributed by atoms with van der Waals surface area (Å²) in [5, 5.41) is 19.9. The van der Waals surface area contributed by atoms with Gasteiger partial charge in [-0.3, -0.25) is 15.0 Å². The Labute approximate surface area is 90.0 Å². The summed E-state index contributed by atoms with van der Waals surface area (Å²) in [6.07, 6.45) is -0.617. The Morgan fingerprint density at radius 1 is 1.50 bits per heavy atom. The number of phenolic OH excluding ortho intramolecular Hbond substituents is 1. The number of nitro groups is 1. The topological polar surface area (TPSA) is 92.9 Å². The zero-order valence-electron chi connectivity index (χ0n) is 8.12. The summed E-state index contributed by atoms with van der Waals surface area (Å²) in [7, 11) is 0. The number of hydrogen-bond acceptors (Lipinski definition) is 5. The van der Waals surface area contributed by atoms with Crippen molar-refractivity contribution in [1.82, 2.24) is 0 Å². The number of anilines is 1. The minimum atomic E-state index is -0.652. The monoisotopic (exact) mass is 224 g/mol. The van der Waals surface area contributed by atoms with Crippen molar-refractivity contribution in [1.29, 1.82) is 0 Å². The molecule has 1 aromatic rings. The lowest BCUT2D eigenvalue weighted by Gasteiger charge is -2.12. The Morgan fingerprint density at radius 3 is 2.81 bits per heavy atom. The molecule has 1 amide bonds. The van der Waals surface area contributed by atoms with E-state index in [9.17, 15) is 14.9 Å². The quantitative estimate of drug-likeness (QED) is 0.602. The highest BCUT2D eigenvalue weighted by Gasteiger charge is 2.29. The van der Waals surface area contributed by atoms with E-state index in [0.29, 0.717) is 0 Å². The summed E-state index contributed by atoms with van der Waals surface area (Å²) < 4.78 is 4.69. The van der Waals surface area contributed by atoms with Crippen LogP contribution in [-0.2, 0) is 4.74 Å². The molecule has 1 aliphatic rings. The van der Waals surface area contributed by atoms with E-state index < -0.39 is 11.0 Å². The number of aromatic hydroxyl groups is 1. The summed E-state index contributed by atoms with van der Waals surface area (Å²) in [5.41, 5.74) is -0.191. The van der Waals surface area contributed by atoms with Gasteiger partial charge in [-0.15, -0.1) is 0 Å². The highest BCUT2D eigenvalue weighted by atomic mass is 16.6. The van der Waals surface area contributed by atoms with Crippen LogP contribution in [0.4, 0.5) is 16.2 Å². The molecule has 16 heavy (non-hydrogen) atoms. The Balaban J connectivity index is 2.47. The number of nitro benzene ring substituents is 1. The van der Waals surface area contributed by atoms with Crippen LogP contribution in [0, 0.1) is 10.1 Å². The smallest absolute Gasteiger partial charge is 0.414 e. The molecule has 1 aliphatic heterocycles. The Kier molecular flexibility index (Phi) is 2.35. The molecule has 0 aliphatic carbocycles. The van der Waals surface area contributed by atoms with Gasteiger partial charge in [0.25, 0.3) is 5.69 Å². The Morgan fingerprint density at radius 2 is 2.25 bits per heavy atom. The molecule has 1 fully saturated rings. The minimum Gasteiger partial charge on any atom is -0.508 e. The van der Waals surface area contributed by atoms with Gasteiger partial charge in [0, 0.05) is 0 Å². The van der Waals surface area contributed by atoms with Crippen LogP contribution in [0.1, 0.15) is 0 Å². The van der Waals surface area contributed by atoms with E-state index in [-0.39, 0.29) is 30.3 Å². The van der Waals surface area contributed by atoms with E-state index in [1.54, 1.807) is 0 Å². The molecule has 1 N–H and O–H groups in total. The van der Waals surface area contributed by atoms with Crippen molar-refractivity contribution in [3.8, 4) is 5.75 Å². The summed E-state index contributed by atoms with van der Waals surface area (Å²) in [5.74, 6) is -0.219. The molecule has 7 heteroatoms. The van der Waals surface area contributed by atoms with Crippen LogP contribution in [0.15, 0.2) is 18.2 Å². The van der Waals surface area contributed by atoms with Gasteiger partial charge in [0.1, 0.15) is 18.0 Å². The van der Waals surface area contributed by atoms with Crippen LogP contribution in [0.5, 0.6) is 5.75 Å². The second-order valence-corrected chi connectivity index (χ2v) is 3.20. The van der Waals surface area contributed by atoms with Crippen molar-refractivity contribution in [3.63, 3.8) is 0 Å². The first-order valence-electron chi connectivity index (χ1n) is 4.51. The maximum Gasteiger partial charge on any atom is 0.414 e. The lowest BCUT2D eigenvalue weighted by Crippen LogP contribution is -2.24. The van der Waals surface area contributed by atoms with Crippen molar-refractivity contribution in [2.45, 2.75) is 0 Å². The van der Waals surface area contributed by atoms with Crippen molar-refractivity contribution in [2.24, 2.45) is 0 Å². The lowest BCUT2D eigenvalue weighted by atomic mass is 10.2. The number of hydrogen-bond donors (Lipinski definition) is 1. The van der Waals surface area contributed by atoms with E-state index in [1.165, 1.54) is 12.1 Å². The van der Waals surface area contributed by atoms with E-state index in [1.807, 2.05) is 0 Å². The van der Waals surface area contributed by atoms with Crippen LogP contribution in [0.25, 0.3) is 0 Å². The fourth-order valence-electron chi connectivity index (χ4n) is 1.50. The first kappa shape index (κ1) is 10.2. The first-order chi connectivity index (χ1) is 7.59. The van der Waals surface area contributed by atoms with Crippen LogP contribution in [0.3, 0.4) is 0 Å². The average Bonchev–Trinajstić information content (AvgIpc) is 2.64. The van der Waals surface area contributed by atoms with Crippen LogP contribution in [0.2, 0.25) is 0 Å². The van der Waals surface area contributed by atoms with Crippen molar-refractivity contribution >= 4 is 17.5 Å². The third-order valence-electron chi connectivity index (χ3n) is 2.21. The number of carbonyl (C=O) groups excluding carboxylic acids is 1. The van der Waals surface area contributed by atoms with Crippen molar-refractivity contribution < 1.29 is 19.6 Å². The number of ether oxygens (including phenoxy) is 1. The molecule has 0 spiro atoms. The summed E-state index contributed by atoms with van der Waals surface area (Å²) in [4.78, 5) is 22.5. The maximum absolute atomic E-state index is 11.3. The summed E-state index contributed by atoms with van der Waals surface area (Å²) >= 11 is 0. The summed E-state index contributed by atoms with van der Waals surface area (Å²) in [6, 6.07) is 3.61. The predicted molar refractivity (Wildman–Crippen MR) is 53.5 cm³/mol. The summed E-state index contributed by atoms with van der Waals surface area (Å²) in [6.45, 7) is 0.474. The normalized spacial score (nSPS) is 15.0. The van der Waals surface area contributed by atoms with Gasteiger partial charge in [-0.1, -0.05) is 0 Å². The third kappa shape index (κ3) is 1.62. The average molecular weight is 224 g/mol. The van der Waals surface area contributed by atoms with Gasteiger partial charge in [-0.05, 0) is 12.1 Å². The molecule has 0 aromatic heterocycles. The van der Waals surface area contributed by atoms with Gasteiger partial charge in [0.15, 0.2) is 0 Å². The molecule has 0 saturated carbocycles. The molecule has 0 unspecified atom stereocenters. The number of phenols is 1. The van der Waals surface area contributed by atoms with Crippen LogP contribution >= 0.6 is 0 Å². The second-order valence-electron chi connectivity index (χ2n) is 3.20. The number of amides is 1. The van der Waals surface area contributed by atoms with Gasteiger partial charge >= 0.3 is 6.09 Å². The minimum absolute atomic E-state index is 0.130. The molecule has 7 nitrogen and oxygen atoms in total. The largest absolute Gasteiger partial charge is 0.508 e. The van der Waals surface area contributed by atoms with Crippen LogP contribution < -0.4 is 4.90 Å². The Hall–Kier alpha value is -2.31. The zero-order valence-corrected chi connectivity index (χ0v) is 8.12. The maximum atomic E-state index is 11.3. The van der Waals surface area contributed by atoms with E-state index in [0.717, 1.165) is 11.0 Å². The fraction of sp³-hybridized carbons (Fsp3) is 0.222. The third-order valence-corrected chi connectivity index (χ3v) is 2.21. The molecule has 0 atom stereocenters. The predicted octanol–water partition coefficient (Wildman–Crippen LogP) is 1.26. The number of rotatable bonds is 2. The van der Waals surface area contributed by atoms with Crippen LogP contribution in [-0.4, -0.2) is 29.3 Å². The van der Waals surface area contributed by atoms with E-state index >= 15 is 0 Å². The standard InChI is InChI=1S/C9H8N2O5/c12-6-1-2-7(8(5-6)11(14)15)10-3-4-16-9(10)13/h1-2,5,12H,3-4H2. The number of nitrogens with zero attached hydrogens (tertiary/aromatic N) is 2. The molecule has 1 saturated heterocycles. The lowest BCUT2D eigenvalue weighted by molar-refractivity contribution is -0.384. The number of benzene rings is 1. The molecule has 1 aromatic carbocycles. The SMILES string of the molecule is O=C1OCCN1c1ccc(O)cc1[N+](=O)[O-]. The Bertz CT molecular complexity index is 459. The van der Waals surface area contributed by atoms with Gasteiger partial charge in [0.2, 0.25) is 0 Å². The van der Waals surface area contributed by atoms with E-state index in [4.69, 9.17) is 5.11 Å². The molecular formula is C9H8N2O5. The highest BCUT2D eigenvalue weighted by Crippen LogP contribution is 2.32. The number of cyclic esters (lactones) is 1. The molecular weight excluding hydrogens is 216 g/mol. The molecule has 0 radical (unpaired) electrons. The molecule has 84 valence electrons. The van der Waals surface area contributed by atoms with Gasteiger partial charge < -0.3 is 9.84 Å². The van der Waals surface area contributed by atoms with Crippen molar-refractivity contribution in [2.75, 3.05) is 18.1 Å². The zero-order chi connectivity index (χ0) is 11.7. The van der Waals surface area contributed by atoms with Gasteiger partial charge in [-0.2, -0.15) is 0 Å².